The molecule has 0 radical (unpaired) electrons. The van der Waals surface area contributed by atoms with Crippen LogP contribution in [0.25, 0.3) is 79.5 Å². The molecule has 2 heterocycles. The van der Waals surface area contributed by atoms with Gasteiger partial charge in [0.15, 0.2) is 34.9 Å². The molecule has 0 N–H and O–H groups in total. The van der Waals surface area contributed by atoms with Gasteiger partial charge in [0.25, 0.3) is 0 Å². The van der Waals surface area contributed by atoms with Gasteiger partial charge in [-0.3, -0.25) is 0 Å². The van der Waals surface area contributed by atoms with Crippen LogP contribution in [0.1, 0.15) is 0 Å². The summed E-state index contributed by atoms with van der Waals surface area (Å²) in [6.45, 7) is 0. The normalized spacial score (nSPS) is 10.9. The maximum atomic E-state index is 4.86. The number of benzene rings is 6. The number of hydrogen-bond donors (Lipinski definition) is 0. The zero-order valence-electron chi connectivity index (χ0n) is 25.8. The van der Waals surface area contributed by atoms with Gasteiger partial charge in [-0.2, -0.15) is 0 Å². The molecule has 8 rings (SSSR count). The Balaban J connectivity index is 1.11. The van der Waals surface area contributed by atoms with Crippen molar-refractivity contribution in [3.63, 3.8) is 0 Å². The van der Waals surface area contributed by atoms with Crippen molar-refractivity contribution in [2.45, 2.75) is 0 Å². The second kappa shape index (κ2) is 13.0. The Morgan fingerprint density at radius 3 is 0.542 bits per heavy atom. The predicted octanol–water partition coefficient (Wildman–Crippen LogP) is 9.73. The number of hydrogen-bond acceptors (Lipinski definition) is 6. The molecule has 0 aliphatic carbocycles. The van der Waals surface area contributed by atoms with Crippen LogP contribution in [-0.4, -0.2) is 29.9 Å². The van der Waals surface area contributed by atoms with Crippen molar-refractivity contribution in [1.29, 1.82) is 0 Å². The average Bonchev–Trinajstić information content (AvgIpc) is 3.19. The molecule has 0 saturated carbocycles. The van der Waals surface area contributed by atoms with Crippen molar-refractivity contribution < 1.29 is 0 Å². The zero-order chi connectivity index (χ0) is 32.1. The first-order valence-corrected chi connectivity index (χ1v) is 15.7. The molecule has 0 bridgehead atoms. The number of aromatic nitrogens is 6. The standard InChI is InChI=1S/C42H28N6/c1-5-13-31(14-6-1)37-43-38(32-15-7-2-8-16-32)46-41(45-37)35-25-21-29(22-26-35)30-23-27-36(28-24-30)42-47-39(33-17-9-3-10-18-33)44-40(48-42)34-19-11-4-12-20-34/h1-28H. The van der Waals surface area contributed by atoms with Gasteiger partial charge in [0.2, 0.25) is 0 Å². The number of rotatable bonds is 7. The lowest BCUT2D eigenvalue weighted by molar-refractivity contribution is 1.07. The summed E-state index contributed by atoms with van der Waals surface area (Å²) in [7, 11) is 0. The van der Waals surface area contributed by atoms with Crippen LogP contribution in [0.15, 0.2) is 170 Å². The molecule has 0 aliphatic heterocycles. The van der Waals surface area contributed by atoms with Gasteiger partial charge in [-0.25, -0.2) is 29.9 Å². The second-order valence-electron chi connectivity index (χ2n) is 11.2. The maximum absolute atomic E-state index is 4.86. The Kier molecular flexibility index (Phi) is 7.79. The van der Waals surface area contributed by atoms with Crippen LogP contribution in [0.2, 0.25) is 0 Å². The smallest absolute Gasteiger partial charge is 0.164 e. The topological polar surface area (TPSA) is 77.3 Å². The Morgan fingerprint density at radius 1 is 0.167 bits per heavy atom. The Morgan fingerprint density at radius 2 is 0.333 bits per heavy atom. The van der Waals surface area contributed by atoms with E-state index < -0.39 is 0 Å². The van der Waals surface area contributed by atoms with Crippen LogP contribution in [0.5, 0.6) is 0 Å². The lowest BCUT2D eigenvalue weighted by Gasteiger charge is -2.10. The van der Waals surface area contributed by atoms with Crippen molar-refractivity contribution in [1.82, 2.24) is 29.9 Å². The fourth-order valence-electron chi connectivity index (χ4n) is 5.50. The van der Waals surface area contributed by atoms with Gasteiger partial charge < -0.3 is 0 Å². The van der Waals surface area contributed by atoms with E-state index in [1.807, 2.05) is 121 Å². The van der Waals surface area contributed by atoms with Crippen LogP contribution in [0.4, 0.5) is 0 Å². The highest BCUT2D eigenvalue weighted by Gasteiger charge is 2.14. The summed E-state index contributed by atoms with van der Waals surface area (Å²) in [5, 5.41) is 0. The quantitative estimate of drug-likeness (QED) is 0.177. The van der Waals surface area contributed by atoms with Gasteiger partial charge in [0, 0.05) is 33.4 Å². The summed E-state index contributed by atoms with van der Waals surface area (Å²) in [5.41, 5.74) is 7.77. The molecule has 6 heteroatoms. The summed E-state index contributed by atoms with van der Waals surface area (Å²) in [5.74, 6) is 3.82. The molecule has 0 unspecified atom stereocenters. The lowest BCUT2D eigenvalue weighted by atomic mass is 10.0. The van der Waals surface area contributed by atoms with Crippen molar-refractivity contribution in [2.75, 3.05) is 0 Å². The van der Waals surface area contributed by atoms with E-state index in [1.54, 1.807) is 0 Å². The van der Waals surface area contributed by atoms with Crippen molar-refractivity contribution >= 4 is 0 Å². The minimum Gasteiger partial charge on any atom is -0.208 e. The van der Waals surface area contributed by atoms with E-state index in [9.17, 15) is 0 Å². The summed E-state index contributed by atoms with van der Waals surface area (Å²) in [4.78, 5) is 29.1. The molecule has 226 valence electrons. The molecule has 48 heavy (non-hydrogen) atoms. The van der Waals surface area contributed by atoms with E-state index in [1.165, 1.54) is 0 Å². The summed E-state index contributed by atoms with van der Waals surface area (Å²) >= 11 is 0. The molecule has 0 atom stereocenters. The SMILES string of the molecule is c1ccc(-c2nc(-c3ccccc3)nc(-c3ccc(-c4ccc(-c5nc(-c6ccccc6)nc(-c6ccccc6)n5)cc4)cc3)n2)cc1. The highest BCUT2D eigenvalue weighted by Crippen LogP contribution is 2.29. The van der Waals surface area contributed by atoms with Crippen LogP contribution < -0.4 is 0 Å². The van der Waals surface area contributed by atoms with Gasteiger partial charge in [-0.05, 0) is 11.1 Å². The predicted molar refractivity (Wildman–Crippen MR) is 191 cm³/mol. The molecular weight excluding hydrogens is 589 g/mol. The molecule has 6 aromatic carbocycles. The Bertz CT molecular complexity index is 2010. The fraction of sp³-hybridized carbons (Fsp3) is 0. The van der Waals surface area contributed by atoms with E-state index >= 15 is 0 Å². The third kappa shape index (κ3) is 6.10. The van der Waals surface area contributed by atoms with Crippen LogP contribution >= 0.6 is 0 Å². The average molecular weight is 617 g/mol. The summed E-state index contributed by atoms with van der Waals surface area (Å²) < 4.78 is 0. The van der Waals surface area contributed by atoms with Gasteiger partial charge >= 0.3 is 0 Å². The first-order chi connectivity index (χ1) is 23.8. The molecule has 0 saturated heterocycles. The maximum Gasteiger partial charge on any atom is 0.164 e. The molecule has 0 fully saturated rings. The molecular formula is C42H28N6. The van der Waals surface area contributed by atoms with Gasteiger partial charge in [-0.15, -0.1) is 0 Å². The summed E-state index contributed by atoms with van der Waals surface area (Å²) in [6, 6.07) is 56.7. The molecule has 0 amide bonds. The molecule has 8 aromatic rings. The molecule has 2 aromatic heterocycles. The zero-order valence-corrected chi connectivity index (χ0v) is 25.8. The summed E-state index contributed by atoms with van der Waals surface area (Å²) in [6.07, 6.45) is 0. The fourth-order valence-corrected chi connectivity index (χ4v) is 5.50. The van der Waals surface area contributed by atoms with Crippen molar-refractivity contribution in [2.24, 2.45) is 0 Å². The third-order valence-corrected chi connectivity index (χ3v) is 8.02. The Hall–Kier alpha value is -6.66. The van der Waals surface area contributed by atoms with Crippen LogP contribution in [0.3, 0.4) is 0 Å². The minimum atomic E-state index is 0.628. The number of nitrogens with zero attached hydrogens (tertiary/aromatic N) is 6. The first-order valence-electron chi connectivity index (χ1n) is 15.7. The first kappa shape index (κ1) is 28.8. The van der Waals surface area contributed by atoms with E-state index in [0.717, 1.165) is 44.5 Å². The van der Waals surface area contributed by atoms with Gasteiger partial charge in [-0.1, -0.05) is 170 Å². The molecule has 0 spiro atoms. The van der Waals surface area contributed by atoms with E-state index in [2.05, 4.69) is 48.5 Å². The Labute approximate surface area is 278 Å². The van der Waals surface area contributed by atoms with Crippen LogP contribution in [-0.2, 0) is 0 Å². The lowest BCUT2D eigenvalue weighted by Crippen LogP contribution is -2.00. The van der Waals surface area contributed by atoms with E-state index in [4.69, 9.17) is 29.9 Å². The molecule has 0 aliphatic rings. The van der Waals surface area contributed by atoms with Crippen molar-refractivity contribution in [3.05, 3.63) is 170 Å². The second-order valence-corrected chi connectivity index (χ2v) is 11.2. The van der Waals surface area contributed by atoms with Crippen molar-refractivity contribution in [3.8, 4) is 79.5 Å². The largest absolute Gasteiger partial charge is 0.208 e. The molecule has 6 nitrogen and oxygen atoms in total. The highest BCUT2D eigenvalue weighted by atomic mass is 15.0. The third-order valence-electron chi connectivity index (χ3n) is 8.02. The van der Waals surface area contributed by atoms with E-state index in [-0.39, 0.29) is 0 Å². The monoisotopic (exact) mass is 616 g/mol. The van der Waals surface area contributed by atoms with Gasteiger partial charge in [0.1, 0.15) is 0 Å². The van der Waals surface area contributed by atoms with Crippen LogP contribution in [0, 0.1) is 0 Å². The van der Waals surface area contributed by atoms with Gasteiger partial charge in [0.05, 0.1) is 0 Å². The minimum absolute atomic E-state index is 0.628. The van der Waals surface area contributed by atoms with E-state index in [0.29, 0.717) is 34.9 Å². The highest BCUT2D eigenvalue weighted by molar-refractivity contribution is 5.73.